The van der Waals surface area contributed by atoms with Crippen molar-refractivity contribution < 1.29 is 4.74 Å². The van der Waals surface area contributed by atoms with Crippen LogP contribution in [0.2, 0.25) is 0 Å². The lowest BCUT2D eigenvalue weighted by molar-refractivity contribution is 0.184. The van der Waals surface area contributed by atoms with Crippen molar-refractivity contribution in [1.82, 2.24) is 4.98 Å². The fourth-order valence-corrected chi connectivity index (χ4v) is 2.63. The van der Waals surface area contributed by atoms with Gasteiger partial charge in [0.25, 0.3) is 0 Å². The lowest BCUT2D eigenvalue weighted by atomic mass is 9.99. The van der Waals surface area contributed by atoms with Gasteiger partial charge in [-0.1, -0.05) is 6.07 Å². The molecule has 0 fully saturated rings. The topological polar surface area (TPSA) is 22.1 Å². The third-order valence-electron chi connectivity index (χ3n) is 2.94. The van der Waals surface area contributed by atoms with Crippen molar-refractivity contribution in [3.8, 4) is 11.3 Å². The fraction of sp³-hybridized carbons (Fsp3) is 0.357. The molecule has 0 radical (unpaired) electrons. The predicted octanol–water partition coefficient (Wildman–Crippen LogP) is 3.88. The van der Waals surface area contributed by atoms with Gasteiger partial charge in [-0.15, -0.1) is 11.3 Å². The van der Waals surface area contributed by atoms with E-state index in [0.717, 1.165) is 10.7 Å². The van der Waals surface area contributed by atoms with Gasteiger partial charge in [0.2, 0.25) is 0 Å². The number of methoxy groups -OCH3 is 1. The van der Waals surface area contributed by atoms with Crippen molar-refractivity contribution in [2.24, 2.45) is 0 Å². The maximum absolute atomic E-state index is 5.10. The van der Waals surface area contributed by atoms with E-state index in [4.69, 9.17) is 4.74 Å². The highest BCUT2D eigenvalue weighted by Crippen LogP contribution is 2.27. The lowest BCUT2D eigenvalue weighted by Gasteiger charge is -2.07. The second kappa shape index (κ2) is 4.98. The SMILES string of the molecule is COCc1nc(-c2cc(C)c(C)cc2C)cs1. The van der Waals surface area contributed by atoms with Crippen molar-refractivity contribution in [1.29, 1.82) is 0 Å². The van der Waals surface area contributed by atoms with Gasteiger partial charge in [0.15, 0.2) is 0 Å². The van der Waals surface area contributed by atoms with E-state index in [2.05, 4.69) is 43.3 Å². The molecule has 2 rings (SSSR count). The molecule has 2 aromatic rings. The van der Waals surface area contributed by atoms with E-state index >= 15 is 0 Å². The summed E-state index contributed by atoms with van der Waals surface area (Å²) in [5.41, 5.74) is 6.21. The van der Waals surface area contributed by atoms with Crippen molar-refractivity contribution in [3.63, 3.8) is 0 Å². The summed E-state index contributed by atoms with van der Waals surface area (Å²) in [7, 11) is 1.70. The number of nitrogens with zero attached hydrogens (tertiary/aromatic N) is 1. The molecule has 0 aliphatic heterocycles. The van der Waals surface area contributed by atoms with Crippen molar-refractivity contribution in [3.05, 3.63) is 39.2 Å². The minimum atomic E-state index is 0.592. The molecule has 0 bridgehead atoms. The van der Waals surface area contributed by atoms with Gasteiger partial charge in [0.1, 0.15) is 5.01 Å². The first-order valence-electron chi connectivity index (χ1n) is 5.63. The Labute approximate surface area is 106 Å². The summed E-state index contributed by atoms with van der Waals surface area (Å²) in [6, 6.07) is 4.44. The van der Waals surface area contributed by atoms with Gasteiger partial charge in [-0.25, -0.2) is 4.98 Å². The number of ether oxygens (including phenoxy) is 1. The first kappa shape index (κ1) is 12.3. The summed E-state index contributed by atoms with van der Waals surface area (Å²) in [6.45, 7) is 7.01. The van der Waals surface area contributed by atoms with Gasteiger partial charge in [-0.05, 0) is 43.5 Å². The highest BCUT2D eigenvalue weighted by molar-refractivity contribution is 7.09. The van der Waals surface area contributed by atoms with Crippen LogP contribution < -0.4 is 0 Å². The summed E-state index contributed by atoms with van der Waals surface area (Å²) in [4.78, 5) is 4.60. The van der Waals surface area contributed by atoms with Crippen LogP contribution in [0.5, 0.6) is 0 Å². The number of thiazole rings is 1. The summed E-state index contributed by atoms with van der Waals surface area (Å²) in [6.07, 6.45) is 0. The molecule has 0 aliphatic rings. The van der Waals surface area contributed by atoms with Crippen LogP contribution in [-0.4, -0.2) is 12.1 Å². The Morgan fingerprint density at radius 1 is 1.12 bits per heavy atom. The maximum atomic E-state index is 5.10. The number of hydrogen-bond donors (Lipinski definition) is 0. The number of benzene rings is 1. The minimum Gasteiger partial charge on any atom is -0.378 e. The molecule has 0 spiro atoms. The molecule has 0 amide bonds. The molecule has 0 saturated carbocycles. The smallest absolute Gasteiger partial charge is 0.119 e. The molecule has 1 aromatic heterocycles. The lowest BCUT2D eigenvalue weighted by Crippen LogP contribution is -1.90. The molecule has 17 heavy (non-hydrogen) atoms. The Morgan fingerprint density at radius 2 is 1.82 bits per heavy atom. The number of aromatic nitrogens is 1. The maximum Gasteiger partial charge on any atom is 0.119 e. The van der Waals surface area contributed by atoms with E-state index in [1.54, 1.807) is 18.4 Å². The molecule has 0 N–H and O–H groups in total. The minimum absolute atomic E-state index is 0.592. The van der Waals surface area contributed by atoms with E-state index in [1.807, 2.05) is 0 Å². The summed E-state index contributed by atoms with van der Waals surface area (Å²) >= 11 is 1.65. The summed E-state index contributed by atoms with van der Waals surface area (Å²) < 4.78 is 5.10. The van der Waals surface area contributed by atoms with Crippen LogP contribution in [0.3, 0.4) is 0 Å². The number of aryl methyl sites for hydroxylation is 3. The standard InChI is InChI=1S/C14H17NOS/c1-9-5-11(3)12(6-10(9)2)13-8-17-14(15-13)7-16-4/h5-6,8H,7H2,1-4H3. The Bertz CT molecular complexity index is 531. The molecule has 1 heterocycles. The van der Waals surface area contributed by atoms with Crippen LogP contribution in [-0.2, 0) is 11.3 Å². The van der Waals surface area contributed by atoms with Crippen molar-refractivity contribution in [2.45, 2.75) is 27.4 Å². The molecule has 0 atom stereocenters. The number of rotatable bonds is 3. The van der Waals surface area contributed by atoms with E-state index in [0.29, 0.717) is 6.61 Å². The average molecular weight is 247 g/mol. The molecule has 1 aromatic carbocycles. The van der Waals surface area contributed by atoms with Crippen LogP contribution in [0.1, 0.15) is 21.7 Å². The van der Waals surface area contributed by atoms with E-state index < -0.39 is 0 Å². The molecule has 0 aliphatic carbocycles. The molecule has 3 heteroatoms. The highest BCUT2D eigenvalue weighted by atomic mass is 32.1. The zero-order valence-electron chi connectivity index (χ0n) is 10.7. The van der Waals surface area contributed by atoms with E-state index in [-0.39, 0.29) is 0 Å². The zero-order valence-corrected chi connectivity index (χ0v) is 11.5. The number of hydrogen-bond acceptors (Lipinski definition) is 3. The first-order chi connectivity index (χ1) is 8.11. The van der Waals surface area contributed by atoms with E-state index in [9.17, 15) is 0 Å². The first-order valence-corrected chi connectivity index (χ1v) is 6.51. The largest absolute Gasteiger partial charge is 0.378 e. The molecular formula is C14H17NOS. The van der Waals surface area contributed by atoms with Crippen LogP contribution in [0, 0.1) is 20.8 Å². The molecule has 2 nitrogen and oxygen atoms in total. The monoisotopic (exact) mass is 247 g/mol. The van der Waals surface area contributed by atoms with Gasteiger partial charge >= 0.3 is 0 Å². The van der Waals surface area contributed by atoms with Gasteiger partial charge < -0.3 is 4.74 Å². The Hall–Kier alpha value is -1.19. The van der Waals surface area contributed by atoms with Crippen LogP contribution in [0.4, 0.5) is 0 Å². The van der Waals surface area contributed by atoms with Crippen molar-refractivity contribution >= 4 is 11.3 Å². The molecular weight excluding hydrogens is 230 g/mol. The average Bonchev–Trinajstić information content (AvgIpc) is 2.72. The fourth-order valence-electron chi connectivity index (χ4n) is 1.86. The summed E-state index contributed by atoms with van der Waals surface area (Å²) in [5, 5.41) is 3.13. The van der Waals surface area contributed by atoms with Crippen LogP contribution in [0.25, 0.3) is 11.3 Å². The predicted molar refractivity (Wildman–Crippen MR) is 72.5 cm³/mol. The second-order valence-electron chi connectivity index (χ2n) is 4.31. The Morgan fingerprint density at radius 3 is 2.53 bits per heavy atom. The Kier molecular flexibility index (Phi) is 3.60. The third-order valence-corrected chi connectivity index (χ3v) is 3.76. The Balaban J connectivity index is 2.41. The van der Waals surface area contributed by atoms with Crippen molar-refractivity contribution in [2.75, 3.05) is 7.11 Å². The third kappa shape index (κ3) is 2.56. The normalized spacial score (nSPS) is 10.8. The van der Waals surface area contributed by atoms with Gasteiger partial charge in [-0.3, -0.25) is 0 Å². The van der Waals surface area contributed by atoms with Crippen LogP contribution >= 0.6 is 11.3 Å². The van der Waals surface area contributed by atoms with Gasteiger partial charge in [0, 0.05) is 18.1 Å². The van der Waals surface area contributed by atoms with Gasteiger partial charge in [0.05, 0.1) is 12.3 Å². The second-order valence-corrected chi connectivity index (χ2v) is 5.25. The molecule has 0 unspecified atom stereocenters. The van der Waals surface area contributed by atoms with Gasteiger partial charge in [-0.2, -0.15) is 0 Å². The molecule has 0 saturated heterocycles. The van der Waals surface area contributed by atoms with Crippen LogP contribution in [0.15, 0.2) is 17.5 Å². The quantitative estimate of drug-likeness (QED) is 0.821. The highest BCUT2D eigenvalue weighted by Gasteiger charge is 2.08. The summed E-state index contributed by atoms with van der Waals surface area (Å²) in [5.74, 6) is 0. The van der Waals surface area contributed by atoms with E-state index in [1.165, 1.54) is 22.3 Å². The zero-order chi connectivity index (χ0) is 12.4. The molecule has 90 valence electrons.